The minimum absolute atomic E-state index is 0.0716. The van der Waals surface area contributed by atoms with E-state index >= 15 is 0 Å². The number of carbonyl (C=O) groups is 3. The number of hydrogen-bond acceptors (Lipinski definition) is 5. The predicted octanol–water partition coefficient (Wildman–Crippen LogP) is 3.16. The number of methoxy groups -OCH3 is 2. The molecule has 174 valence electrons. The van der Waals surface area contributed by atoms with E-state index in [0.717, 1.165) is 29.5 Å². The molecule has 1 aliphatic carbocycles. The van der Waals surface area contributed by atoms with Gasteiger partial charge in [0.1, 0.15) is 11.8 Å². The number of amides is 2. The fourth-order valence-corrected chi connectivity index (χ4v) is 4.52. The molecule has 1 saturated carbocycles. The summed E-state index contributed by atoms with van der Waals surface area (Å²) >= 11 is 0. The average molecular weight is 451 g/mol. The van der Waals surface area contributed by atoms with Gasteiger partial charge in [-0.2, -0.15) is 0 Å². The lowest BCUT2D eigenvalue weighted by Crippen LogP contribution is -2.47. The smallest absolute Gasteiger partial charge is 0.311 e. The van der Waals surface area contributed by atoms with Crippen LogP contribution in [0.25, 0.3) is 0 Å². The van der Waals surface area contributed by atoms with Crippen LogP contribution in [0.5, 0.6) is 5.75 Å². The summed E-state index contributed by atoms with van der Waals surface area (Å²) < 4.78 is 10.3. The molecule has 2 fully saturated rings. The summed E-state index contributed by atoms with van der Waals surface area (Å²) in [6, 6.07) is 13.9. The number of nitrogens with one attached hydrogen (secondary N) is 1. The van der Waals surface area contributed by atoms with Crippen LogP contribution in [0.4, 0.5) is 0 Å². The van der Waals surface area contributed by atoms with Crippen LogP contribution in [0.1, 0.15) is 42.0 Å². The van der Waals surface area contributed by atoms with E-state index in [4.69, 9.17) is 9.47 Å². The highest BCUT2D eigenvalue weighted by molar-refractivity contribution is 5.92. The zero-order chi connectivity index (χ0) is 23.5. The first kappa shape index (κ1) is 22.8. The van der Waals surface area contributed by atoms with E-state index in [-0.39, 0.29) is 24.2 Å². The van der Waals surface area contributed by atoms with Crippen molar-refractivity contribution in [1.82, 2.24) is 10.2 Å². The lowest BCUT2D eigenvalue weighted by Gasteiger charge is -2.31. The summed E-state index contributed by atoms with van der Waals surface area (Å²) in [4.78, 5) is 41.0. The molecule has 2 aliphatic rings. The molecule has 3 unspecified atom stereocenters. The Morgan fingerprint density at radius 3 is 2.24 bits per heavy atom. The van der Waals surface area contributed by atoms with Gasteiger partial charge in [-0.15, -0.1) is 0 Å². The molecule has 1 aliphatic heterocycles. The highest BCUT2D eigenvalue weighted by Crippen LogP contribution is 2.45. The summed E-state index contributed by atoms with van der Waals surface area (Å²) in [5, 5.41) is 2.97. The van der Waals surface area contributed by atoms with Crippen molar-refractivity contribution in [2.75, 3.05) is 14.2 Å². The van der Waals surface area contributed by atoms with Gasteiger partial charge in [-0.3, -0.25) is 14.4 Å². The Morgan fingerprint density at radius 1 is 1.00 bits per heavy atom. The number of hydrogen-bond donors (Lipinski definition) is 1. The maximum atomic E-state index is 13.4. The van der Waals surface area contributed by atoms with E-state index in [0.29, 0.717) is 12.3 Å². The summed E-state index contributed by atoms with van der Waals surface area (Å²) in [5.41, 5.74) is 2.91. The van der Waals surface area contributed by atoms with Crippen molar-refractivity contribution in [3.05, 3.63) is 65.2 Å². The molecule has 4 rings (SSSR count). The van der Waals surface area contributed by atoms with Crippen molar-refractivity contribution in [2.45, 2.75) is 44.8 Å². The van der Waals surface area contributed by atoms with Crippen LogP contribution in [0.3, 0.4) is 0 Å². The summed E-state index contributed by atoms with van der Waals surface area (Å²) in [6.07, 6.45) is 1.85. The van der Waals surface area contributed by atoms with E-state index in [1.54, 1.807) is 24.1 Å². The third kappa shape index (κ3) is 4.87. The highest BCUT2D eigenvalue weighted by atomic mass is 16.5. The third-order valence-corrected chi connectivity index (χ3v) is 6.53. The fourth-order valence-electron chi connectivity index (χ4n) is 4.52. The van der Waals surface area contributed by atoms with Crippen LogP contribution in [-0.4, -0.2) is 42.9 Å². The fraction of sp³-hybridized carbons (Fsp3) is 0.423. The normalized spacial score (nSPS) is 22.0. The number of ether oxygens (including phenoxy) is 2. The Balaban J connectivity index is 1.62. The topological polar surface area (TPSA) is 84.9 Å². The monoisotopic (exact) mass is 450 g/mol. The Kier molecular flexibility index (Phi) is 6.67. The molecule has 0 bridgehead atoms. The predicted molar refractivity (Wildman–Crippen MR) is 122 cm³/mol. The minimum atomic E-state index is -0.736. The van der Waals surface area contributed by atoms with E-state index in [9.17, 15) is 14.4 Å². The number of likely N-dealkylation sites (tertiary alicyclic amines) is 1. The van der Waals surface area contributed by atoms with Crippen LogP contribution in [0, 0.1) is 18.8 Å². The SMILES string of the molecule is COC(=O)C1CC(C(=O)NCc2ccc(C)cc2)N(C(=O)C2CC2)C1c1ccc(OC)cc1. The molecule has 2 aromatic carbocycles. The van der Waals surface area contributed by atoms with Crippen molar-refractivity contribution < 1.29 is 23.9 Å². The third-order valence-electron chi connectivity index (χ3n) is 6.53. The zero-order valence-corrected chi connectivity index (χ0v) is 19.2. The molecule has 1 saturated heterocycles. The van der Waals surface area contributed by atoms with Gasteiger partial charge in [0.25, 0.3) is 0 Å². The lowest BCUT2D eigenvalue weighted by molar-refractivity contribution is -0.147. The largest absolute Gasteiger partial charge is 0.497 e. The van der Waals surface area contributed by atoms with Gasteiger partial charge < -0.3 is 19.7 Å². The van der Waals surface area contributed by atoms with Gasteiger partial charge in [-0.25, -0.2) is 0 Å². The van der Waals surface area contributed by atoms with Crippen LogP contribution < -0.4 is 10.1 Å². The highest BCUT2D eigenvalue weighted by Gasteiger charge is 2.53. The molecule has 33 heavy (non-hydrogen) atoms. The number of carbonyl (C=O) groups excluding carboxylic acids is 3. The standard InChI is InChI=1S/C26H30N2O5/c1-16-4-6-17(7-5-16)15-27-24(29)22-14-21(26(31)33-3)23(28(22)25(30)19-8-9-19)18-10-12-20(32-2)13-11-18/h4-7,10-13,19,21-23H,8-9,14-15H2,1-3H3,(H,27,29). The Bertz CT molecular complexity index is 1010. The number of rotatable bonds is 7. The molecule has 7 nitrogen and oxygen atoms in total. The molecule has 2 aromatic rings. The van der Waals surface area contributed by atoms with E-state index in [2.05, 4.69) is 5.32 Å². The van der Waals surface area contributed by atoms with Gasteiger partial charge in [0.2, 0.25) is 11.8 Å². The van der Waals surface area contributed by atoms with E-state index < -0.39 is 24.0 Å². The summed E-state index contributed by atoms with van der Waals surface area (Å²) in [6.45, 7) is 2.37. The van der Waals surface area contributed by atoms with Crippen LogP contribution in [0.2, 0.25) is 0 Å². The molecule has 0 radical (unpaired) electrons. The van der Waals surface area contributed by atoms with Gasteiger partial charge in [-0.1, -0.05) is 42.0 Å². The Hall–Kier alpha value is -3.35. The van der Waals surface area contributed by atoms with Gasteiger partial charge in [0, 0.05) is 12.5 Å². The first-order valence-electron chi connectivity index (χ1n) is 11.3. The van der Waals surface area contributed by atoms with Crippen molar-refractivity contribution in [2.24, 2.45) is 11.8 Å². The second-order valence-corrected chi connectivity index (χ2v) is 8.82. The summed E-state index contributed by atoms with van der Waals surface area (Å²) in [5.74, 6) is -0.778. The van der Waals surface area contributed by atoms with Crippen molar-refractivity contribution in [3.63, 3.8) is 0 Å². The molecule has 0 spiro atoms. The number of esters is 1. The lowest BCUT2D eigenvalue weighted by atomic mass is 9.93. The Morgan fingerprint density at radius 2 is 1.67 bits per heavy atom. The Labute approximate surface area is 194 Å². The van der Waals surface area contributed by atoms with Crippen molar-refractivity contribution in [1.29, 1.82) is 0 Å². The molecular weight excluding hydrogens is 420 g/mol. The molecule has 7 heteroatoms. The van der Waals surface area contributed by atoms with E-state index in [1.165, 1.54) is 7.11 Å². The molecule has 1 N–H and O–H groups in total. The van der Waals surface area contributed by atoms with Crippen LogP contribution >= 0.6 is 0 Å². The van der Waals surface area contributed by atoms with Crippen molar-refractivity contribution in [3.8, 4) is 5.75 Å². The minimum Gasteiger partial charge on any atom is -0.497 e. The zero-order valence-electron chi connectivity index (χ0n) is 19.2. The van der Waals surface area contributed by atoms with Gasteiger partial charge in [0.05, 0.1) is 26.2 Å². The molecule has 0 aromatic heterocycles. The second-order valence-electron chi connectivity index (χ2n) is 8.82. The number of nitrogens with zero attached hydrogens (tertiary/aromatic N) is 1. The van der Waals surface area contributed by atoms with Crippen molar-refractivity contribution >= 4 is 17.8 Å². The molecule has 3 atom stereocenters. The molecule has 1 heterocycles. The average Bonchev–Trinajstić information content (AvgIpc) is 3.62. The van der Waals surface area contributed by atoms with E-state index in [1.807, 2.05) is 43.3 Å². The van der Waals surface area contributed by atoms with Gasteiger partial charge >= 0.3 is 5.97 Å². The first-order valence-corrected chi connectivity index (χ1v) is 11.3. The number of benzene rings is 2. The van der Waals surface area contributed by atoms with Crippen LogP contribution in [0.15, 0.2) is 48.5 Å². The first-order chi connectivity index (χ1) is 15.9. The maximum Gasteiger partial charge on any atom is 0.311 e. The van der Waals surface area contributed by atoms with Crippen LogP contribution in [-0.2, 0) is 25.7 Å². The molecular formula is C26H30N2O5. The molecule has 2 amide bonds. The maximum absolute atomic E-state index is 13.4. The summed E-state index contributed by atoms with van der Waals surface area (Å²) in [7, 11) is 2.92. The quantitative estimate of drug-likeness (QED) is 0.655. The number of aryl methyl sites for hydroxylation is 1. The second kappa shape index (κ2) is 9.65. The van der Waals surface area contributed by atoms with Gasteiger partial charge in [-0.05, 0) is 49.4 Å². The van der Waals surface area contributed by atoms with Gasteiger partial charge in [0.15, 0.2) is 0 Å².